The van der Waals surface area contributed by atoms with Crippen LogP contribution in [-0.4, -0.2) is 49.4 Å². The fraction of sp³-hybridized carbons (Fsp3) is 0.500. The van der Waals surface area contributed by atoms with Crippen LogP contribution in [0.4, 0.5) is 15.6 Å². The molecule has 0 atom stereocenters. The number of ether oxygens (including phenoxy) is 2. The van der Waals surface area contributed by atoms with Crippen LogP contribution in [0, 0.1) is 0 Å². The monoisotopic (exact) mass is 425 g/mol. The van der Waals surface area contributed by atoms with E-state index in [9.17, 15) is 4.79 Å². The van der Waals surface area contributed by atoms with E-state index in [-0.39, 0.29) is 6.03 Å². The van der Waals surface area contributed by atoms with E-state index in [2.05, 4.69) is 25.5 Å². The third-order valence-electron chi connectivity index (χ3n) is 4.28. The lowest BCUT2D eigenvalue weighted by Gasteiger charge is -2.28. The van der Waals surface area contributed by atoms with E-state index in [1.165, 1.54) is 11.3 Å². The minimum absolute atomic E-state index is 0.244. The Hall–Kier alpha value is -2.10. The van der Waals surface area contributed by atoms with Crippen molar-refractivity contribution in [3.8, 4) is 5.75 Å². The van der Waals surface area contributed by atoms with Crippen molar-refractivity contribution in [2.24, 2.45) is 0 Å². The highest BCUT2D eigenvalue weighted by atomic mass is 35.5. The number of rotatable bonds is 8. The number of urea groups is 1. The number of fused-ring (bicyclic) bond motifs is 1. The average molecular weight is 426 g/mol. The van der Waals surface area contributed by atoms with Gasteiger partial charge in [0.2, 0.25) is 0 Å². The van der Waals surface area contributed by atoms with Gasteiger partial charge in [-0.15, -0.1) is 0 Å². The predicted octanol–water partition coefficient (Wildman–Crippen LogP) is 3.31. The Balaban J connectivity index is 1.56. The molecule has 0 radical (unpaired) electrons. The maximum atomic E-state index is 12.0. The smallest absolute Gasteiger partial charge is 0.321 e. The summed E-state index contributed by atoms with van der Waals surface area (Å²) < 4.78 is 10.5. The number of hydrogen-bond acceptors (Lipinski definition) is 7. The van der Waals surface area contributed by atoms with Crippen molar-refractivity contribution in [3.63, 3.8) is 0 Å². The number of nitrogens with zero attached hydrogens (tertiary/aromatic N) is 3. The normalized spacial score (nSPS) is 13.2. The van der Waals surface area contributed by atoms with Gasteiger partial charge in [-0.05, 0) is 13.3 Å². The summed E-state index contributed by atoms with van der Waals surface area (Å²) in [4.78, 5) is 24.1. The highest BCUT2D eigenvalue weighted by molar-refractivity contribution is 7.15. The van der Waals surface area contributed by atoms with Crippen LogP contribution in [0.25, 0.3) is 0 Å². The van der Waals surface area contributed by atoms with Crippen molar-refractivity contribution >= 4 is 39.8 Å². The Kier molecular flexibility index (Phi) is 7.30. The fourth-order valence-electron chi connectivity index (χ4n) is 2.86. The van der Waals surface area contributed by atoms with E-state index in [1.807, 2.05) is 13.0 Å². The van der Waals surface area contributed by atoms with Gasteiger partial charge in [0, 0.05) is 43.7 Å². The minimum Gasteiger partial charge on any atom is -0.493 e. The lowest BCUT2D eigenvalue weighted by Crippen LogP contribution is -2.30. The van der Waals surface area contributed by atoms with E-state index in [0.29, 0.717) is 42.3 Å². The molecule has 152 valence electrons. The van der Waals surface area contributed by atoms with Crippen molar-refractivity contribution in [3.05, 3.63) is 28.0 Å². The Labute approximate surface area is 173 Å². The number of methoxy groups -OCH3 is 1. The number of nitrogens with one attached hydrogen (secondary N) is 2. The van der Waals surface area contributed by atoms with E-state index in [1.54, 1.807) is 13.3 Å². The van der Waals surface area contributed by atoms with Crippen LogP contribution in [0.5, 0.6) is 5.75 Å². The first-order chi connectivity index (χ1) is 13.6. The topological polar surface area (TPSA) is 88.6 Å². The largest absolute Gasteiger partial charge is 0.493 e. The van der Waals surface area contributed by atoms with Gasteiger partial charge >= 0.3 is 6.03 Å². The number of thiazole rings is 1. The van der Waals surface area contributed by atoms with E-state index >= 15 is 0 Å². The molecule has 1 aliphatic rings. The molecule has 28 heavy (non-hydrogen) atoms. The molecule has 2 N–H and O–H groups in total. The van der Waals surface area contributed by atoms with Gasteiger partial charge < -0.3 is 19.7 Å². The zero-order valence-electron chi connectivity index (χ0n) is 16.0. The Bertz CT molecular complexity index is 817. The number of carbonyl (C=O) groups excluding carboxylic acids is 1. The molecule has 0 fully saturated rings. The van der Waals surface area contributed by atoms with Crippen LogP contribution < -0.4 is 20.3 Å². The lowest BCUT2D eigenvalue weighted by molar-refractivity contribution is 0.145. The van der Waals surface area contributed by atoms with Crippen LogP contribution in [0.1, 0.15) is 23.9 Å². The van der Waals surface area contributed by atoms with Gasteiger partial charge in [0.25, 0.3) is 0 Å². The number of hydrogen-bond donors (Lipinski definition) is 2. The molecule has 8 nitrogen and oxygen atoms in total. The molecule has 0 saturated carbocycles. The van der Waals surface area contributed by atoms with E-state index in [0.717, 1.165) is 35.6 Å². The lowest BCUT2D eigenvalue weighted by atomic mass is 10.1. The summed E-state index contributed by atoms with van der Waals surface area (Å²) in [6.45, 7) is 5.36. The molecule has 0 bridgehead atoms. The highest BCUT2D eigenvalue weighted by Crippen LogP contribution is 2.33. The van der Waals surface area contributed by atoms with Crippen molar-refractivity contribution in [1.82, 2.24) is 15.3 Å². The molecule has 0 aromatic carbocycles. The molecule has 0 spiro atoms. The summed E-state index contributed by atoms with van der Waals surface area (Å²) in [6.07, 6.45) is 3.32. The third kappa shape index (κ3) is 5.24. The minimum atomic E-state index is -0.244. The number of carbonyl (C=O) groups is 1. The molecule has 2 aromatic rings. The molecule has 3 heterocycles. The average Bonchev–Trinajstić information content (AvgIpc) is 3.09. The quantitative estimate of drug-likeness (QED) is 0.498. The summed E-state index contributed by atoms with van der Waals surface area (Å²) in [5, 5.41) is 6.59. The molecule has 10 heteroatoms. The van der Waals surface area contributed by atoms with Gasteiger partial charge in [0.05, 0.1) is 31.2 Å². The van der Waals surface area contributed by atoms with Crippen LogP contribution in [0.15, 0.2) is 12.3 Å². The van der Waals surface area contributed by atoms with Crippen molar-refractivity contribution in [1.29, 1.82) is 0 Å². The standard InChI is InChI=1S/C18H24ClN5O3S/c1-3-27-8-4-6-20-17(25)23-18-22-13-5-7-24(11-15(13)28-18)12-9-14(26-2)16(19)21-10-12/h9-10H,3-8,11H2,1-2H3,(H2,20,22,23,25). The van der Waals surface area contributed by atoms with Gasteiger partial charge in [-0.25, -0.2) is 14.8 Å². The van der Waals surface area contributed by atoms with Gasteiger partial charge in [-0.3, -0.25) is 5.32 Å². The summed E-state index contributed by atoms with van der Waals surface area (Å²) in [7, 11) is 1.57. The second kappa shape index (κ2) is 9.90. The molecule has 1 aliphatic heterocycles. The van der Waals surface area contributed by atoms with Crippen molar-refractivity contribution in [2.45, 2.75) is 26.3 Å². The highest BCUT2D eigenvalue weighted by Gasteiger charge is 2.22. The number of anilines is 2. The molecule has 3 rings (SSSR count). The molecular weight excluding hydrogens is 402 g/mol. The van der Waals surface area contributed by atoms with E-state index in [4.69, 9.17) is 21.1 Å². The Morgan fingerprint density at radius 3 is 3.11 bits per heavy atom. The van der Waals surface area contributed by atoms with Crippen molar-refractivity contribution < 1.29 is 14.3 Å². The maximum absolute atomic E-state index is 12.0. The molecule has 0 aliphatic carbocycles. The Morgan fingerprint density at radius 1 is 1.46 bits per heavy atom. The molecule has 2 aromatic heterocycles. The molecule has 0 unspecified atom stereocenters. The zero-order valence-corrected chi connectivity index (χ0v) is 17.5. The van der Waals surface area contributed by atoms with Crippen LogP contribution in [0.3, 0.4) is 0 Å². The molecular formula is C18H24ClN5O3S. The van der Waals surface area contributed by atoms with Crippen molar-refractivity contribution in [2.75, 3.05) is 43.6 Å². The van der Waals surface area contributed by atoms with Gasteiger partial charge in [-0.1, -0.05) is 22.9 Å². The molecule has 0 saturated heterocycles. The maximum Gasteiger partial charge on any atom is 0.321 e. The first kappa shape index (κ1) is 20.6. The van der Waals surface area contributed by atoms with Gasteiger partial charge in [0.1, 0.15) is 0 Å². The number of halogens is 1. The second-order valence-electron chi connectivity index (χ2n) is 6.18. The first-order valence-electron chi connectivity index (χ1n) is 9.16. The predicted molar refractivity (Wildman–Crippen MR) is 111 cm³/mol. The van der Waals surface area contributed by atoms with Crippen LogP contribution >= 0.6 is 22.9 Å². The zero-order chi connectivity index (χ0) is 19.9. The fourth-order valence-corrected chi connectivity index (χ4v) is 4.06. The number of amides is 2. The van der Waals surface area contributed by atoms with E-state index < -0.39 is 0 Å². The summed E-state index contributed by atoms with van der Waals surface area (Å²) in [5.41, 5.74) is 1.98. The third-order valence-corrected chi connectivity index (χ3v) is 5.57. The van der Waals surface area contributed by atoms with Gasteiger partial charge in [-0.2, -0.15) is 0 Å². The SMILES string of the molecule is CCOCCCNC(=O)Nc1nc2c(s1)CN(c1cnc(Cl)c(OC)c1)CC2. The van der Waals surface area contributed by atoms with Crippen LogP contribution in [0.2, 0.25) is 5.15 Å². The second-order valence-corrected chi connectivity index (χ2v) is 7.62. The number of pyridine rings is 1. The molecule has 2 amide bonds. The summed E-state index contributed by atoms with van der Waals surface area (Å²) >= 11 is 7.51. The summed E-state index contributed by atoms with van der Waals surface area (Å²) in [5.74, 6) is 0.553. The van der Waals surface area contributed by atoms with Gasteiger partial charge in [0.15, 0.2) is 16.0 Å². The van der Waals surface area contributed by atoms with Crippen LogP contribution in [-0.2, 0) is 17.7 Å². The summed E-state index contributed by atoms with van der Waals surface area (Å²) in [6, 6.07) is 1.64. The Morgan fingerprint density at radius 2 is 2.32 bits per heavy atom. The first-order valence-corrected chi connectivity index (χ1v) is 10.4. The number of aromatic nitrogens is 2.